The number of ether oxygens (including phenoxy) is 2. The van der Waals surface area contributed by atoms with Crippen LogP contribution < -0.4 is 14.8 Å². The van der Waals surface area contributed by atoms with Crippen LogP contribution in [0.15, 0.2) is 48.5 Å². The van der Waals surface area contributed by atoms with Gasteiger partial charge in [0.25, 0.3) is 5.91 Å². The van der Waals surface area contributed by atoms with E-state index in [1.165, 1.54) is 0 Å². The fourth-order valence-corrected chi connectivity index (χ4v) is 3.34. The van der Waals surface area contributed by atoms with Crippen LogP contribution in [0.3, 0.4) is 0 Å². The lowest BCUT2D eigenvalue weighted by atomic mass is 10.1. The number of amides is 1. The minimum Gasteiger partial charge on any atom is -0.486 e. The quantitative estimate of drug-likeness (QED) is 0.752. The Bertz CT molecular complexity index is 1010. The fraction of sp³-hybridized carbons (Fsp3) is 0.273. The Balaban J connectivity index is 1.46. The number of carbonyl (C=O) groups is 1. The highest BCUT2D eigenvalue weighted by molar-refractivity contribution is 5.94. The van der Waals surface area contributed by atoms with Crippen molar-refractivity contribution in [1.82, 2.24) is 15.1 Å². The predicted molar refractivity (Wildman–Crippen MR) is 106 cm³/mol. The zero-order valence-electron chi connectivity index (χ0n) is 16.2. The van der Waals surface area contributed by atoms with Crippen LogP contribution in [0.4, 0.5) is 0 Å². The van der Waals surface area contributed by atoms with Gasteiger partial charge in [0.05, 0.1) is 17.4 Å². The van der Waals surface area contributed by atoms with Crippen molar-refractivity contribution in [3.8, 4) is 17.2 Å². The van der Waals surface area contributed by atoms with Crippen LogP contribution in [-0.2, 0) is 0 Å². The molecule has 144 valence electrons. The van der Waals surface area contributed by atoms with Crippen molar-refractivity contribution in [2.75, 3.05) is 13.2 Å². The monoisotopic (exact) mass is 377 g/mol. The SMILES string of the molecule is Cc1cc(C)n(-c2ccc(C(=O)N[C@@H](C)c3ccc4c(c3)OCCO4)cc2)n1. The summed E-state index contributed by atoms with van der Waals surface area (Å²) in [6, 6.07) is 15.1. The lowest BCUT2D eigenvalue weighted by Crippen LogP contribution is -2.26. The molecule has 0 unspecified atom stereocenters. The third-order valence-corrected chi connectivity index (χ3v) is 4.80. The maximum absolute atomic E-state index is 12.6. The Hall–Kier alpha value is -3.28. The number of hydrogen-bond donors (Lipinski definition) is 1. The molecule has 0 aliphatic carbocycles. The molecule has 3 aromatic rings. The largest absolute Gasteiger partial charge is 0.486 e. The second-order valence-electron chi connectivity index (χ2n) is 6.98. The number of nitrogens with one attached hydrogen (secondary N) is 1. The minimum atomic E-state index is -0.154. The van der Waals surface area contributed by atoms with Crippen LogP contribution in [0, 0.1) is 13.8 Å². The van der Waals surface area contributed by atoms with Gasteiger partial charge in [-0.2, -0.15) is 5.10 Å². The first kappa shape index (κ1) is 18.1. The molecule has 4 rings (SSSR count). The standard InChI is InChI=1S/C22H23N3O3/c1-14-12-15(2)25(24-14)19-7-4-17(5-8-19)22(26)23-16(3)18-6-9-20-21(13-18)28-11-10-27-20/h4-9,12-13,16H,10-11H2,1-3H3,(H,23,26)/t16-/m0/s1. The topological polar surface area (TPSA) is 65.4 Å². The molecular formula is C22H23N3O3. The molecular weight excluding hydrogens is 354 g/mol. The van der Waals surface area contributed by atoms with E-state index in [2.05, 4.69) is 10.4 Å². The van der Waals surface area contributed by atoms with Crippen molar-refractivity contribution in [1.29, 1.82) is 0 Å². The van der Waals surface area contributed by atoms with Crippen molar-refractivity contribution in [3.63, 3.8) is 0 Å². The average Bonchev–Trinajstić information content (AvgIpc) is 3.05. The molecule has 1 aromatic heterocycles. The molecule has 0 bridgehead atoms. The highest BCUT2D eigenvalue weighted by atomic mass is 16.6. The van der Waals surface area contributed by atoms with Crippen LogP contribution >= 0.6 is 0 Å². The van der Waals surface area contributed by atoms with Crippen LogP contribution in [0.5, 0.6) is 11.5 Å². The molecule has 1 atom stereocenters. The molecule has 1 N–H and O–H groups in total. The second-order valence-corrected chi connectivity index (χ2v) is 6.98. The summed E-state index contributed by atoms with van der Waals surface area (Å²) in [5.41, 5.74) is 4.53. The first-order chi connectivity index (χ1) is 13.5. The van der Waals surface area contributed by atoms with Gasteiger partial charge >= 0.3 is 0 Å². The van der Waals surface area contributed by atoms with Crippen molar-refractivity contribution < 1.29 is 14.3 Å². The third kappa shape index (κ3) is 3.58. The van der Waals surface area contributed by atoms with Crippen LogP contribution in [-0.4, -0.2) is 28.9 Å². The van der Waals surface area contributed by atoms with Crippen molar-refractivity contribution >= 4 is 5.91 Å². The van der Waals surface area contributed by atoms with Gasteiger partial charge < -0.3 is 14.8 Å². The number of carbonyl (C=O) groups excluding carboxylic acids is 1. The van der Waals surface area contributed by atoms with Gasteiger partial charge in [0.1, 0.15) is 13.2 Å². The predicted octanol–water partition coefficient (Wildman–Crippen LogP) is 3.75. The van der Waals surface area contributed by atoms with E-state index in [4.69, 9.17) is 9.47 Å². The van der Waals surface area contributed by atoms with E-state index in [0.29, 0.717) is 18.8 Å². The number of nitrogens with zero attached hydrogens (tertiary/aromatic N) is 2. The van der Waals surface area contributed by atoms with Gasteiger partial charge in [0.15, 0.2) is 11.5 Å². The van der Waals surface area contributed by atoms with Gasteiger partial charge in [-0.05, 0) is 68.8 Å². The van der Waals surface area contributed by atoms with Crippen LogP contribution in [0.25, 0.3) is 5.69 Å². The Labute approximate surface area is 164 Å². The molecule has 6 nitrogen and oxygen atoms in total. The number of fused-ring (bicyclic) bond motifs is 1. The first-order valence-corrected chi connectivity index (χ1v) is 9.35. The summed E-state index contributed by atoms with van der Waals surface area (Å²) in [6.45, 7) is 7.03. The summed E-state index contributed by atoms with van der Waals surface area (Å²) >= 11 is 0. The first-order valence-electron chi connectivity index (χ1n) is 9.35. The summed E-state index contributed by atoms with van der Waals surface area (Å²) in [4.78, 5) is 12.6. The minimum absolute atomic E-state index is 0.123. The molecule has 0 spiro atoms. The Morgan fingerprint density at radius 1 is 1.04 bits per heavy atom. The lowest BCUT2D eigenvalue weighted by Gasteiger charge is -2.21. The number of aryl methyl sites for hydroxylation is 2. The molecule has 2 heterocycles. The molecule has 0 saturated heterocycles. The molecule has 28 heavy (non-hydrogen) atoms. The molecule has 2 aromatic carbocycles. The third-order valence-electron chi connectivity index (χ3n) is 4.80. The normalized spacial score (nSPS) is 13.8. The number of aromatic nitrogens is 2. The zero-order chi connectivity index (χ0) is 19.7. The van der Waals surface area contributed by atoms with Crippen molar-refractivity contribution in [2.24, 2.45) is 0 Å². The zero-order valence-corrected chi connectivity index (χ0v) is 16.2. The summed E-state index contributed by atoms with van der Waals surface area (Å²) in [5.74, 6) is 1.34. The molecule has 1 aliphatic heterocycles. The van der Waals surface area contributed by atoms with E-state index < -0.39 is 0 Å². The Kier molecular flexibility index (Phi) is 4.77. The van der Waals surface area contributed by atoms with Gasteiger partial charge in [-0.3, -0.25) is 4.79 Å². The molecule has 0 fully saturated rings. The van der Waals surface area contributed by atoms with E-state index in [9.17, 15) is 4.79 Å². The van der Waals surface area contributed by atoms with Gasteiger partial charge in [-0.25, -0.2) is 4.68 Å². The highest BCUT2D eigenvalue weighted by Crippen LogP contribution is 2.32. The molecule has 1 amide bonds. The van der Waals surface area contributed by atoms with E-state index >= 15 is 0 Å². The van der Waals surface area contributed by atoms with Crippen molar-refractivity contribution in [2.45, 2.75) is 26.8 Å². The number of rotatable bonds is 4. The smallest absolute Gasteiger partial charge is 0.251 e. The van der Waals surface area contributed by atoms with E-state index in [1.807, 2.05) is 74.0 Å². The van der Waals surface area contributed by atoms with Gasteiger partial charge in [0, 0.05) is 11.3 Å². The molecule has 0 saturated carbocycles. The number of benzene rings is 2. The summed E-state index contributed by atoms with van der Waals surface area (Å²) < 4.78 is 13.0. The highest BCUT2D eigenvalue weighted by Gasteiger charge is 2.16. The van der Waals surface area contributed by atoms with E-state index in [1.54, 1.807) is 0 Å². The van der Waals surface area contributed by atoms with Crippen LogP contribution in [0.1, 0.15) is 40.3 Å². The summed E-state index contributed by atoms with van der Waals surface area (Å²) in [7, 11) is 0. The van der Waals surface area contributed by atoms with E-state index in [-0.39, 0.29) is 11.9 Å². The van der Waals surface area contributed by atoms with Gasteiger partial charge in [-0.15, -0.1) is 0 Å². The van der Waals surface area contributed by atoms with Gasteiger partial charge in [0.2, 0.25) is 0 Å². The van der Waals surface area contributed by atoms with Gasteiger partial charge in [-0.1, -0.05) is 6.07 Å². The van der Waals surface area contributed by atoms with Crippen molar-refractivity contribution in [3.05, 3.63) is 71.0 Å². The maximum Gasteiger partial charge on any atom is 0.251 e. The number of hydrogen-bond acceptors (Lipinski definition) is 4. The Morgan fingerprint density at radius 2 is 1.75 bits per heavy atom. The average molecular weight is 377 g/mol. The Morgan fingerprint density at radius 3 is 2.43 bits per heavy atom. The van der Waals surface area contributed by atoms with Crippen LogP contribution in [0.2, 0.25) is 0 Å². The second kappa shape index (κ2) is 7.38. The van der Waals surface area contributed by atoms with E-state index in [0.717, 1.165) is 34.1 Å². The summed E-state index contributed by atoms with van der Waals surface area (Å²) in [6.07, 6.45) is 0. The summed E-state index contributed by atoms with van der Waals surface area (Å²) in [5, 5.41) is 7.51. The molecule has 6 heteroatoms. The lowest BCUT2D eigenvalue weighted by molar-refractivity contribution is 0.0939. The maximum atomic E-state index is 12.6. The fourth-order valence-electron chi connectivity index (χ4n) is 3.34. The molecule has 0 radical (unpaired) electrons. The molecule has 1 aliphatic rings.